The fourth-order valence-corrected chi connectivity index (χ4v) is 2.56. The normalized spacial score (nSPS) is 20.9. The summed E-state index contributed by atoms with van der Waals surface area (Å²) in [4.78, 5) is 4.48. The second kappa shape index (κ2) is 4.67. The highest BCUT2D eigenvalue weighted by Gasteiger charge is 2.16. The van der Waals surface area contributed by atoms with Gasteiger partial charge in [-0.15, -0.1) is 0 Å². The second-order valence-electron chi connectivity index (χ2n) is 4.60. The molecule has 1 aliphatic rings. The Hall–Kier alpha value is -1.06. The smallest absolute Gasteiger partial charge is 0.113 e. The van der Waals surface area contributed by atoms with Crippen LogP contribution < -0.4 is 0 Å². The van der Waals surface area contributed by atoms with E-state index in [9.17, 15) is 0 Å². The third kappa shape index (κ3) is 2.31. The Balaban J connectivity index is 1.86. The first kappa shape index (κ1) is 11.1. The average molecular weight is 251 g/mol. The molecule has 0 saturated carbocycles. The van der Waals surface area contributed by atoms with Crippen LogP contribution >= 0.6 is 11.6 Å². The summed E-state index contributed by atoms with van der Waals surface area (Å²) in [5.74, 6) is 1.67. The molecule has 3 rings (SSSR count). The molecule has 2 aromatic rings. The Morgan fingerprint density at radius 3 is 3.24 bits per heavy atom. The first-order chi connectivity index (χ1) is 8.33. The lowest BCUT2D eigenvalue weighted by atomic mass is 9.98. The van der Waals surface area contributed by atoms with Crippen molar-refractivity contribution in [3.8, 4) is 0 Å². The molecule has 0 aromatic carbocycles. The van der Waals surface area contributed by atoms with Crippen LogP contribution in [-0.4, -0.2) is 22.6 Å². The first-order valence-corrected chi connectivity index (χ1v) is 6.40. The Kier molecular flexibility index (Phi) is 3.04. The molecule has 2 aromatic heterocycles. The minimum atomic E-state index is 0.591. The Bertz CT molecular complexity index is 517. The van der Waals surface area contributed by atoms with Gasteiger partial charge in [0.1, 0.15) is 5.82 Å². The molecule has 0 radical (unpaired) electrons. The van der Waals surface area contributed by atoms with Crippen molar-refractivity contribution in [3.05, 3.63) is 35.4 Å². The summed E-state index contributed by atoms with van der Waals surface area (Å²) < 4.78 is 7.58. The van der Waals surface area contributed by atoms with Crippen LogP contribution in [0.1, 0.15) is 18.7 Å². The zero-order valence-corrected chi connectivity index (χ0v) is 10.4. The average Bonchev–Trinajstić information content (AvgIpc) is 2.73. The van der Waals surface area contributed by atoms with Gasteiger partial charge in [-0.1, -0.05) is 11.6 Å². The van der Waals surface area contributed by atoms with Crippen molar-refractivity contribution in [1.29, 1.82) is 0 Å². The maximum atomic E-state index is 6.02. The van der Waals surface area contributed by atoms with Crippen molar-refractivity contribution in [2.75, 3.05) is 13.2 Å². The maximum absolute atomic E-state index is 6.02. The van der Waals surface area contributed by atoms with Crippen LogP contribution in [0.25, 0.3) is 5.52 Å². The molecule has 0 bridgehead atoms. The molecule has 0 N–H and O–H groups in total. The number of fused-ring (bicyclic) bond motifs is 1. The van der Waals surface area contributed by atoms with E-state index in [1.54, 1.807) is 0 Å². The zero-order chi connectivity index (χ0) is 11.7. The van der Waals surface area contributed by atoms with Crippen LogP contribution in [0.5, 0.6) is 0 Å². The third-order valence-corrected chi connectivity index (χ3v) is 3.52. The topological polar surface area (TPSA) is 26.5 Å². The van der Waals surface area contributed by atoms with Crippen molar-refractivity contribution >= 4 is 17.1 Å². The van der Waals surface area contributed by atoms with Crippen molar-refractivity contribution in [3.63, 3.8) is 0 Å². The summed E-state index contributed by atoms with van der Waals surface area (Å²) in [6, 6.07) is 3.89. The lowest BCUT2D eigenvalue weighted by Gasteiger charge is -2.21. The molecule has 1 unspecified atom stereocenters. The highest BCUT2D eigenvalue weighted by atomic mass is 35.5. The van der Waals surface area contributed by atoms with E-state index >= 15 is 0 Å². The van der Waals surface area contributed by atoms with Gasteiger partial charge in [-0.2, -0.15) is 0 Å². The number of hydrogen-bond acceptors (Lipinski definition) is 2. The van der Waals surface area contributed by atoms with Gasteiger partial charge in [0.15, 0.2) is 0 Å². The summed E-state index contributed by atoms with van der Waals surface area (Å²) >= 11 is 6.02. The molecule has 4 heteroatoms. The Labute approximate surface area is 105 Å². The largest absolute Gasteiger partial charge is 0.381 e. The van der Waals surface area contributed by atoms with Gasteiger partial charge in [-0.25, -0.2) is 4.98 Å². The highest BCUT2D eigenvalue weighted by Crippen LogP contribution is 2.20. The number of hydrogen-bond donors (Lipinski definition) is 0. The Morgan fingerprint density at radius 1 is 1.47 bits per heavy atom. The lowest BCUT2D eigenvalue weighted by molar-refractivity contribution is 0.0542. The van der Waals surface area contributed by atoms with E-state index in [0.717, 1.165) is 42.4 Å². The van der Waals surface area contributed by atoms with Gasteiger partial charge in [0, 0.05) is 25.8 Å². The fourth-order valence-electron chi connectivity index (χ4n) is 2.40. The molecule has 17 heavy (non-hydrogen) atoms. The number of imidazole rings is 1. The van der Waals surface area contributed by atoms with E-state index in [1.807, 2.05) is 24.5 Å². The minimum absolute atomic E-state index is 0.591. The molecule has 1 aliphatic heterocycles. The summed E-state index contributed by atoms with van der Waals surface area (Å²) in [5.41, 5.74) is 1.10. The standard InChI is InChI=1S/C13H15ClN2O/c14-11-3-4-12-7-15-13(16(12)8-11)6-10-2-1-5-17-9-10/h3-4,7-8,10H,1-2,5-6,9H2. The van der Waals surface area contributed by atoms with Gasteiger partial charge in [0.05, 0.1) is 16.7 Å². The molecule has 1 atom stereocenters. The lowest BCUT2D eigenvalue weighted by Crippen LogP contribution is -2.20. The van der Waals surface area contributed by atoms with E-state index in [2.05, 4.69) is 9.38 Å². The molecule has 0 amide bonds. The van der Waals surface area contributed by atoms with Crippen molar-refractivity contribution in [1.82, 2.24) is 9.38 Å². The summed E-state index contributed by atoms with van der Waals surface area (Å²) in [7, 11) is 0. The molecule has 1 saturated heterocycles. The number of aromatic nitrogens is 2. The second-order valence-corrected chi connectivity index (χ2v) is 5.04. The van der Waals surface area contributed by atoms with Gasteiger partial charge >= 0.3 is 0 Å². The van der Waals surface area contributed by atoms with Crippen LogP contribution in [0.15, 0.2) is 24.5 Å². The van der Waals surface area contributed by atoms with Crippen LogP contribution in [0.2, 0.25) is 5.02 Å². The molecule has 3 nitrogen and oxygen atoms in total. The Morgan fingerprint density at radius 2 is 2.41 bits per heavy atom. The van der Waals surface area contributed by atoms with Crippen LogP contribution in [-0.2, 0) is 11.2 Å². The number of pyridine rings is 1. The van der Waals surface area contributed by atoms with E-state index in [1.165, 1.54) is 6.42 Å². The van der Waals surface area contributed by atoms with Gasteiger partial charge in [0.2, 0.25) is 0 Å². The minimum Gasteiger partial charge on any atom is -0.381 e. The number of ether oxygens (including phenoxy) is 1. The van der Waals surface area contributed by atoms with Gasteiger partial charge in [0.25, 0.3) is 0 Å². The number of halogens is 1. The summed E-state index contributed by atoms with van der Waals surface area (Å²) in [6.45, 7) is 1.76. The SMILES string of the molecule is Clc1ccc2cnc(CC3CCCOC3)n2c1. The summed E-state index contributed by atoms with van der Waals surface area (Å²) in [5, 5.41) is 0.747. The van der Waals surface area contributed by atoms with Crippen molar-refractivity contribution in [2.45, 2.75) is 19.3 Å². The molecular formula is C13H15ClN2O. The fraction of sp³-hybridized carbons (Fsp3) is 0.462. The van der Waals surface area contributed by atoms with E-state index < -0.39 is 0 Å². The van der Waals surface area contributed by atoms with Gasteiger partial charge < -0.3 is 9.14 Å². The monoisotopic (exact) mass is 250 g/mol. The van der Waals surface area contributed by atoms with Gasteiger partial charge in [-0.3, -0.25) is 0 Å². The van der Waals surface area contributed by atoms with Crippen molar-refractivity contribution in [2.24, 2.45) is 5.92 Å². The third-order valence-electron chi connectivity index (χ3n) is 3.29. The number of rotatable bonds is 2. The molecular weight excluding hydrogens is 236 g/mol. The molecule has 0 spiro atoms. The number of nitrogens with zero attached hydrogens (tertiary/aromatic N) is 2. The van der Waals surface area contributed by atoms with Crippen molar-refractivity contribution < 1.29 is 4.74 Å². The van der Waals surface area contributed by atoms with E-state index in [4.69, 9.17) is 16.3 Å². The molecule has 90 valence electrons. The van der Waals surface area contributed by atoms with Gasteiger partial charge in [-0.05, 0) is 30.9 Å². The molecule has 1 fully saturated rings. The predicted octanol–water partition coefficient (Wildman–Crippen LogP) is 2.96. The van der Waals surface area contributed by atoms with E-state index in [-0.39, 0.29) is 0 Å². The maximum Gasteiger partial charge on any atom is 0.113 e. The summed E-state index contributed by atoms with van der Waals surface area (Å²) in [6.07, 6.45) is 7.19. The highest BCUT2D eigenvalue weighted by molar-refractivity contribution is 6.30. The predicted molar refractivity (Wildman–Crippen MR) is 67.4 cm³/mol. The van der Waals surface area contributed by atoms with E-state index in [0.29, 0.717) is 5.92 Å². The first-order valence-electron chi connectivity index (χ1n) is 6.02. The van der Waals surface area contributed by atoms with Crippen LogP contribution in [0, 0.1) is 5.92 Å². The zero-order valence-electron chi connectivity index (χ0n) is 9.60. The van der Waals surface area contributed by atoms with Crippen LogP contribution in [0.3, 0.4) is 0 Å². The quantitative estimate of drug-likeness (QED) is 0.819. The molecule has 0 aliphatic carbocycles. The van der Waals surface area contributed by atoms with Crippen LogP contribution in [0.4, 0.5) is 0 Å². The molecule has 3 heterocycles.